The molecule has 0 amide bonds. The van der Waals surface area contributed by atoms with Gasteiger partial charge >= 0.3 is 0 Å². The summed E-state index contributed by atoms with van der Waals surface area (Å²) in [7, 11) is 0. The molecule has 1 aliphatic rings. The maximum absolute atomic E-state index is 5.71. The first-order valence-electron chi connectivity index (χ1n) is 9.17. The third kappa shape index (κ3) is 3.11. The minimum absolute atomic E-state index is 0.566. The molecule has 28 heavy (non-hydrogen) atoms. The Labute approximate surface area is 162 Å². The Morgan fingerprint density at radius 3 is 2.64 bits per heavy atom. The van der Waals surface area contributed by atoms with Crippen LogP contribution >= 0.6 is 0 Å². The molecule has 0 aliphatic carbocycles. The monoisotopic (exact) mass is 373 g/mol. The van der Waals surface area contributed by atoms with Crippen molar-refractivity contribution in [1.82, 2.24) is 24.7 Å². The molecule has 140 valence electrons. The molecule has 0 fully saturated rings. The zero-order valence-corrected chi connectivity index (χ0v) is 15.4. The van der Waals surface area contributed by atoms with E-state index >= 15 is 0 Å². The van der Waals surface area contributed by atoms with Crippen molar-refractivity contribution < 1.29 is 9.47 Å². The highest BCUT2D eigenvalue weighted by atomic mass is 16.6. The first-order chi connectivity index (χ1) is 13.8. The summed E-state index contributed by atoms with van der Waals surface area (Å²) < 4.78 is 13.4. The van der Waals surface area contributed by atoms with E-state index in [0.29, 0.717) is 19.6 Å². The van der Waals surface area contributed by atoms with E-state index in [1.54, 1.807) is 6.20 Å². The topological polar surface area (TPSA) is 77.8 Å². The molecule has 0 unspecified atom stereocenters. The van der Waals surface area contributed by atoms with Gasteiger partial charge in [0.1, 0.15) is 24.9 Å². The Hall–Kier alpha value is -3.61. The number of imidazole rings is 1. The van der Waals surface area contributed by atoms with Gasteiger partial charge in [0.2, 0.25) is 0 Å². The minimum Gasteiger partial charge on any atom is -0.486 e. The molecule has 3 heterocycles. The lowest BCUT2D eigenvalue weighted by Crippen LogP contribution is -2.15. The zero-order chi connectivity index (χ0) is 18.9. The Morgan fingerprint density at radius 1 is 1.04 bits per heavy atom. The SMILES string of the molecule is Cc1nc(Cc2ccc(-n3ccnc3-c3ccc4c(c3)OCCO4)cc2)n[nH]1. The van der Waals surface area contributed by atoms with Crippen LogP contribution in [-0.2, 0) is 6.42 Å². The van der Waals surface area contributed by atoms with E-state index < -0.39 is 0 Å². The Morgan fingerprint density at radius 2 is 1.86 bits per heavy atom. The summed E-state index contributed by atoms with van der Waals surface area (Å²) >= 11 is 0. The van der Waals surface area contributed by atoms with Gasteiger partial charge in [-0.25, -0.2) is 9.97 Å². The van der Waals surface area contributed by atoms with Crippen molar-refractivity contribution in [1.29, 1.82) is 0 Å². The predicted octanol–water partition coefficient (Wildman–Crippen LogP) is 3.33. The van der Waals surface area contributed by atoms with Gasteiger partial charge in [-0.1, -0.05) is 12.1 Å². The van der Waals surface area contributed by atoms with Gasteiger partial charge in [-0.2, -0.15) is 5.10 Å². The molecule has 0 saturated heterocycles. The Bertz CT molecular complexity index is 1110. The Balaban J connectivity index is 1.43. The number of ether oxygens (including phenoxy) is 2. The summed E-state index contributed by atoms with van der Waals surface area (Å²) in [6.45, 7) is 3.05. The van der Waals surface area contributed by atoms with Crippen LogP contribution in [0.25, 0.3) is 17.1 Å². The zero-order valence-electron chi connectivity index (χ0n) is 15.4. The number of nitrogens with one attached hydrogen (secondary N) is 1. The number of aromatic amines is 1. The molecule has 7 heteroatoms. The molecule has 1 N–H and O–H groups in total. The standard InChI is InChI=1S/C21H19N5O2/c1-14-23-20(25-24-14)12-15-2-5-17(6-3-15)26-9-8-22-21(26)16-4-7-18-19(13-16)28-11-10-27-18/h2-9,13H,10-12H2,1H3,(H,23,24,25). The van der Waals surface area contributed by atoms with Gasteiger partial charge in [0.15, 0.2) is 17.3 Å². The van der Waals surface area contributed by atoms with E-state index in [4.69, 9.17) is 9.47 Å². The first kappa shape index (κ1) is 16.6. The van der Waals surface area contributed by atoms with Gasteiger partial charge in [0.05, 0.1) is 0 Å². The molecule has 2 aromatic carbocycles. The highest BCUT2D eigenvalue weighted by molar-refractivity contribution is 5.63. The summed E-state index contributed by atoms with van der Waals surface area (Å²) in [6.07, 6.45) is 4.46. The van der Waals surface area contributed by atoms with E-state index in [1.165, 1.54) is 0 Å². The lowest BCUT2D eigenvalue weighted by atomic mass is 10.1. The first-order valence-corrected chi connectivity index (χ1v) is 9.17. The second-order valence-corrected chi connectivity index (χ2v) is 6.66. The molecular weight excluding hydrogens is 354 g/mol. The quantitative estimate of drug-likeness (QED) is 0.594. The van der Waals surface area contributed by atoms with Crippen LogP contribution in [0.15, 0.2) is 54.9 Å². The fourth-order valence-corrected chi connectivity index (χ4v) is 3.33. The number of benzene rings is 2. The Kier molecular flexibility index (Phi) is 4.05. The number of aryl methyl sites for hydroxylation is 1. The molecule has 4 aromatic rings. The third-order valence-corrected chi connectivity index (χ3v) is 4.66. The van der Waals surface area contributed by atoms with E-state index in [9.17, 15) is 0 Å². The summed E-state index contributed by atoms with van der Waals surface area (Å²) in [6, 6.07) is 14.3. The largest absolute Gasteiger partial charge is 0.486 e. The maximum atomic E-state index is 5.71. The number of fused-ring (bicyclic) bond motifs is 1. The molecule has 7 nitrogen and oxygen atoms in total. The van der Waals surface area contributed by atoms with Crippen molar-refractivity contribution in [2.75, 3.05) is 13.2 Å². The molecule has 0 atom stereocenters. The minimum atomic E-state index is 0.566. The van der Waals surface area contributed by atoms with E-state index in [2.05, 4.69) is 49.0 Å². The fourth-order valence-electron chi connectivity index (χ4n) is 3.33. The molecule has 0 spiro atoms. The third-order valence-electron chi connectivity index (χ3n) is 4.66. The van der Waals surface area contributed by atoms with Crippen LogP contribution in [0.4, 0.5) is 0 Å². The van der Waals surface area contributed by atoms with Crippen molar-refractivity contribution in [2.45, 2.75) is 13.3 Å². The van der Waals surface area contributed by atoms with E-state index in [1.807, 2.05) is 31.3 Å². The number of nitrogens with zero attached hydrogens (tertiary/aromatic N) is 4. The molecule has 5 rings (SSSR count). The van der Waals surface area contributed by atoms with Gasteiger partial charge in [0, 0.05) is 30.1 Å². The molecule has 0 bridgehead atoms. The van der Waals surface area contributed by atoms with Gasteiger partial charge in [0.25, 0.3) is 0 Å². The second-order valence-electron chi connectivity index (χ2n) is 6.66. The lowest BCUT2D eigenvalue weighted by Gasteiger charge is -2.19. The van der Waals surface area contributed by atoms with Crippen molar-refractivity contribution in [3.63, 3.8) is 0 Å². The summed E-state index contributed by atoms with van der Waals surface area (Å²) in [5.41, 5.74) is 3.18. The normalized spacial score (nSPS) is 12.9. The van der Waals surface area contributed by atoms with Crippen LogP contribution < -0.4 is 9.47 Å². The average Bonchev–Trinajstić information content (AvgIpc) is 3.37. The van der Waals surface area contributed by atoms with Crippen molar-refractivity contribution in [3.05, 3.63) is 72.1 Å². The average molecular weight is 373 g/mol. The van der Waals surface area contributed by atoms with Crippen molar-refractivity contribution in [2.24, 2.45) is 0 Å². The van der Waals surface area contributed by atoms with Gasteiger partial charge < -0.3 is 9.47 Å². The number of hydrogen-bond acceptors (Lipinski definition) is 5. The summed E-state index contributed by atoms with van der Waals surface area (Å²) in [5.74, 6) is 4.02. The van der Waals surface area contributed by atoms with Crippen molar-refractivity contribution >= 4 is 0 Å². The van der Waals surface area contributed by atoms with Crippen molar-refractivity contribution in [3.8, 4) is 28.6 Å². The van der Waals surface area contributed by atoms with E-state index in [-0.39, 0.29) is 0 Å². The molecular formula is C21H19N5O2. The van der Waals surface area contributed by atoms with Gasteiger partial charge in [-0.15, -0.1) is 0 Å². The fraction of sp³-hybridized carbons (Fsp3) is 0.190. The van der Waals surface area contributed by atoms with Gasteiger partial charge in [-0.05, 0) is 42.8 Å². The number of hydrogen-bond donors (Lipinski definition) is 1. The van der Waals surface area contributed by atoms with Crippen LogP contribution in [-0.4, -0.2) is 37.9 Å². The highest BCUT2D eigenvalue weighted by Gasteiger charge is 2.15. The summed E-state index contributed by atoms with van der Waals surface area (Å²) in [5, 5.41) is 7.08. The maximum Gasteiger partial charge on any atom is 0.162 e. The van der Waals surface area contributed by atoms with Crippen LogP contribution in [0.3, 0.4) is 0 Å². The molecule has 0 radical (unpaired) electrons. The summed E-state index contributed by atoms with van der Waals surface area (Å²) in [4.78, 5) is 8.91. The number of H-pyrrole nitrogens is 1. The smallest absolute Gasteiger partial charge is 0.162 e. The van der Waals surface area contributed by atoms with Crippen LogP contribution in [0.2, 0.25) is 0 Å². The highest BCUT2D eigenvalue weighted by Crippen LogP contribution is 2.34. The van der Waals surface area contributed by atoms with Crippen LogP contribution in [0.1, 0.15) is 17.2 Å². The number of rotatable bonds is 4. The van der Waals surface area contributed by atoms with E-state index in [0.717, 1.165) is 45.8 Å². The molecule has 0 saturated carbocycles. The lowest BCUT2D eigenvalue weighted by molar-refractivity contribution is 0.171. The predicted molar refractivity (Wildman–Crippen MR) is 104 cm³/mol. The molecule has 1 aliphatic heterocycles. The van der Waals surface area contributed by atoms with Crippen LogP contribution in [0.5, 0.6) is 11.5 Å². The number of aromatic nitrogens is 5. The molecule has 2 aromatic heterocycles. The second kappa shape index (κ2) is 6.84. The van der Waals surface area contributed by atoms with Gasteiger partial charge in [-0.3, -0.25) is 9.67 Å². The van der Waals surface area contributed by atoms with Crippen LogP contribution in [0, 0.1) is 6.92 Å².